The summed E-state index contributed by atoms with van der Waals surface area (Å²) in [4.78, 5) is 12.6. The van der Waals surface area contributed by atoms with Gasteiger partial charge in [-0.05, 0) is 70.6 Å². The van der Waals surface area contributed by atoms with Gasteiger partial charge in [-0.1, -0.05) is 320 Å². The lowest BCUT2D eigenvalue weighted by Crippen LogP contribution is -2.53. The van der Waals surface area contributed by atoms with E-state index in [1.807, 2.05) is 0 Å². The predicted molar refractivity (Wildman–Crippen MR) is 321 cm³/mol. The third-order valence-electron chi connectivity index (χ3n) is 15.6. The molecule has 0 aromatic rings. The molecule has 0 aliphatic heterocycles. The van der Waals surface area contributed by atoms with E-state index < -0.39 is 36.9 Å². The van der Waals surface area contributed by atoms with Crippen LogP contribution in [0.3, 0.4) is 0 Å². The molecule has 0 radical (unpaired) electrons. The average molecular weight is 1030 g/mol. The molecule has 0 bridgehead atoms. The van der Waals surface area contributed by atoms with Gasteiger partial charge < -0.3 is 25.7 Å². The molecule has 5 N–H and O–H groups in total. The number of rotatable bonds is 61. The molecule has 0 aliphatic carbocycles. The lowest BCUT2D eigenvalue weighted by Gasteiger charge is -2.27. The molecule has 0 saturated heterocycles. The van der Waals surface area contributed by atoms with Gasteiger partial charge in [-0.2, -0.15) is 0 Å². The van der Waals surface area contributed by atoms with Crippen LogP contribution in [0, 0.1) is 0 Å². The van der Waals surface area contributed by atoms with Crippen LogP contribution in [0.1, 0.15) is 354 Å². The molecule has 0 heterocycles. The van der Waals surface area contributed by atoms with Gasteiger partial charge in [0.05, 0.1) is 18.8 Å². The smallest absolute Gasteiger partial charge is 0.249 e. The lowest BCUT2D eigenvalue weighted by atomic mass is 10.00. The molecule has 4 unspecified atom stereocenters. The standard InChI is InChI=1S/C67H129NO5/c1-3-5-7-9-11-13-15-17-19-21-23-24-25-26-27-28-29-30-31-32-33-34-35-36-37-38-39-40-41-43-45-47-49-51-53-55-57-59-61-65(71)67(73)68-63(62-69)66(72)64(70)60-58-56-54-52-50-48-46-44-42-22-20-18-16-14-12-10-8-6-4-2/h29-30,32-33,52,54,63-66,69-72H,3-28,31,34-51,53,55-62H2,1-2H3,(H,68,73)/b30-29-,33-32-,54-52+. The average Bonchev–Trinajstić information content (AvgIpc) is 3.40. The Bertz CT molecular complexity index is 1150. The molecular formula is C67H129NO5. The Morgan fingerprint density at radius 1 is 0.342 bits per heavy atom. The number of aliphatic hydroxyl groups excluding tert-OH is 4. The normalized spacial score (nSPS) is 13.8. The highest BCUT2D eigenvalue weighted by molar-refractivity contribution is 5.80. The van der Waals surface area contributed by atoms with Crippen molar-refractivity contribution >= 4 is 5.91 Å². The summed E-state index contributed by atoms with van der Waals surface area (Å²) in [5.74, 6) is -0.589. The summed E-state index contributed by atoms with van der Waals surface area (Å²) < 4.78 is 0. The van der Waals surface area contributed by atoms with Gasteiger partial charge in [-0.3, -0.25) is 4.79 Å². The number of hydrogen-bond acceptors (Lipinski definition) is 5. The van der Waals surface area contributed by atoms with E-state index in [1.54, 1.807) is 0 Å². The zero-order valence-electron chi connectivity index (χ0n) is 49.2. The Labute approximate surface area is 456 Å². The highest BCUT2D eigenvalue weighted by atomic mass is 16.3. The second-order valence-electron chi connectivity index (χ2n) is 22.8. The first-order valence-electron chi connectivity index (χ1n) is 32.9. The highest BCUT2D eigenvalue weighted by Gasteiger charge is 2.28. The summed E-state index contributed by atoms with van der Waals surface area (Å²) in [5, 5.41) is 44.1. The molecule has 0 spiro atoms. The van der Waals surface area contributed by atoms with Crippen LogP contribution in [-0.2, 0) is 4.79 Å². The number of aliphatic hydroxyl groups is 4. The Kier molecular flexibility index (Phi) is 60.1. The maximum Gasteiger partial charge on any atom is 0.249 e. The second-order valence-corrected chi connectivity index (χ2v) is 22.8. The van der Waals surface area contributed by atoms with Crippen molar-refractivity contribution in [2.75, 3.05) is 6.61 Å². The molecule has 0 saturated carbocycles. The summed E-state index contributed by atoms with van der Waals surface area (Å²) in [6.07, 6.45) is 78.3. The molecule has 432 valence electrons. The Morgan fingerprint density at radius 2 is 0.603 bits per heavy atom. The minimum absolute atomic E-state index is 0.364. The van der Waals surface area contributed by atoms with Gasteiger partial charge in [0.1, 0.15) is 12.2 Å². The van der Waals surface area contributed by atoms with E-state index >= 15 is 0 Å². The van der Waals surface area contributed by atoms with Crippen molar-refractivity contribution in [2.45, 2.75) is 379 Å². The molecule has 0 aromatic carbocycles. The Morgan fingerprint density at radius 3 is 0.904 bits per heavy atom. The monoisotopic (exact) mass is 1030 g/mol. The van der Waals surface area contributed by atoms with Crippen molar-refractivity contribution in [1.29, 1.82) is 0 Å². The fourth-order valence-corrected chi connectivity index (χ4v) is 10.4. The molecule has 6 nitrogen and oxygen atoms in total. The first-order valence-corrected chi connectivity index (χ1v) is 32.9. The van der Waals surface area contributed by atoms with Crippen molar-refractivity contribution in [3.8, 4) is 0 Å². The van der Waals surface area contributed by atoms with Gasteiger partial charge in [0.2, 0.25) is 5.91 Å². The van der Waals surface area contributed by atoms with Crippen LogP contribution in [0.25, 0.3) is 0 Å². The topological polar surface area (TPSA) is 110 Å². The van der Waals surface area contributed by atoms with Gasteiger partial charge in [0.25, 0.3) is 0 Å². The molecule has 6 heteroatoms. The number of hydrogen-bond donors (Lipinski definition) is 5. The summed E-state index contributed by atoms with van der Waals surface area (Å²) in [5.41, 5.74) is 0. The zero-order valence-corrected chi connectivity index (χ0v) is 49.2. The van der Waals surface area contributed by atoms with Crippen molar-refractivity contribution in [1.82, 2.24) is 5.32 Å². The number of allylic oxidation sites excluding steroid dienone is 6. The van der Waals surface area contributed by atoms with Crippen molar-refractivity contribution in [2.24, 2.45) is 0 Å². The van der Waals surface area contributed by atoms with Crippen LogP contribution in [0.5, 0.6) is 0 Å². The van der Waals surface area contributed by atoms with Crippen LogP contribution < -0.4 is 5.32 Å². The summed E-state index contributed by atoms with van der Waals surface area (Å²) in [6, 6.07) is -1.00. The quantitative estimate of drug-likeness (QED) is 0.0308. The summed E-state index contributed by atoms with van der Waals surface area (Å²) in [6.45, 7) is 4.08. The maximum absolute atomic E-state index is 12.6. The SMILES string of the molecule is CCCCCCCCCCCCCCCC/C=C/CCCC(O)C(O)C(CO)NC(=O)C(O)CCCCCCCCCCCCCCCCCC/C=C\C/C=C\CCCCCCCCCCCCCCCCC. The van der Waals surface area contributed by atoms with Gasteiger partial charge in [0, 0.05) is 0 Å². The lowest BCUT2D eigenvalue weighted by molar-refractivity contribution is -0.132. The van der Waals surface area contributed by atoms with Crippen molar-refractivity contribution in [3.05, 3.63) is 36.5 Å². The van der Waals surface area contributed by atoms with Crippen LogP contribution in [0.4, 0.5) is 0 Å². The minimum atomic E-state index is -1.28. The molecule has 4 atom stereocenters. The zero-order chi connectivity index (χ0) is 53.0. The molecule has 0 fully saturated rings. The molecule has 1 amide bonds. The Hall–Kier alpha value is -1.47. The maximum atomic E-state index is 12.6. The molecule has 0 rings (SSSR count). The van der Waals surface area contributed by atoms with E-state index in [-0.39, 0.29) is 0 Å². The van der Waals surface area contributed by atoms with E-state index in [0.29, 0.717) is 12.8 Å². The number of carbonyl (C=O) groups excluding carboxylic acids is 1. The summed E-state index contributed by atoms with van der Waals surface area (Å²) >= 11 is 0. The highest BCUT2D eigenvalue weighted by Crippen LogP contribution is 2.18. The molecule has 0 aliphatic rings. The summed E-state index contributed by atoms with van der Waals surface area (Å²) in [7, 11) is 0. The first kappa shape index (κ1) is 71.5. The van der Waals surface area contributed by atoms with E-state index in [4.69, 9.17) is 0 Å². The Balaban J connectivity index is 3.55. The molecular weight excluding hydrogens is 899 g/mol. The third-order valence-corrected chi connectivity index (χ3v) is 15.6. The second kappa shape index (κ2) is 61.4. The van der Waals surface area contributed by atoms with Crippen LogP contribution in [0.2, 0.25) is 0 Å². The van der Waals surface area contributed by atoms with Crippen LogP contribution in [0.15, 0.2) is 36.5 Å². The van der Waals surface area contributed by atoms with Gasteiger partial charge >= 0.3 is 0 Å². The number of nitrogens with one attached hydrogen (secondary N) is 1. The minimum Gasteiger partial charge on any atom is -0.394 e. The van der Waals surface area contributed by atoms with Gasteiger partial charge in [0.15, 0.2) is 0 Å². The van der Waals surface area contributed by atoms with E-state index in [2.05, 4.69) is 55.6 Å². The fourth-order valence-electron chi connectivity index (χ4n) is 10.4. The molecule has 73 heavy (non-hydrogen) atoms. The number of amides is 1. The fraction of sp³-hybridized carbons (Fsp3) is 0.896. The van der Waals surface area contributed by atoms with E-state index in [1.165, 1.54) is 283 Å². The van der Waals surface area contributed by atoms with E-state index in [0.717, 1.165) is 44.9 Å². The molecule has 0 aromatic heterocycles. The number of unbranched alkanes of at least 4 members (excludes halogenated alkanes) is 46. The number of carbonyl (C=O) groups is 1. The largest absolute Gasteiger partial charge is 0.394 e. The van der Waals surface area contributed by atoms with Crippen LogP contribution >= 0.6 is 0 Å². The van der Waals surface area contributed by atoms with Gasteiger partial charge in [-0.15, -0.1) is 0 Å². The van der Waals surface area contributed by atoms with Crippen LogP contribution in [-0.4, -0.2) is 57.3 Å². The third kappa shape index (κ3) is 55.1. The first-order chi connectivity index (χ1) is 36.0. The van der Waals surface area contributed by atoms with Crippen molar-refractivity contribution < 1.29 is 25.2 Å². The van der Waals surface area contributed by atoms with Gasteiger partial charge in [-0.25, -0.2) is 0 Å². The predicted octanol–water partition coefficient (Wildman–Crippen LogP) is 19.9. The van der Waals surface area contributed by atoms with Crippen molar-refractivity contribution in [3.63, 3.8) is 0 Å². The van der Waals surface area contributed by atoms with E-state index in [9.17, 15) is 25.2 Å².